The number of hydrogen-bond acceptors (Lipinski definition) is 18. The van der Waals surface area contributed by atoms with Crippen LogP contribution in [0.3, 0.4) is 0 Å². The van der Waals surface area contributed by atoms with Gasteiger partial charge in [0.05, 0.1) is 41.5 Å². The molecule has 0 radical (unpaired) electrons. The molecule has 3 atom stereocenters. The smallest absolute Gasteiger partial charge is 0.769 e. The maximum Gasteiger partial charge on any atom is 1.00 e. The number of rotatable bonds is 12. The first kappa shape index (κ1) is 46.8. The maximum atomic E-state index is 12.5. The number of nitrogens with one attached hydrogen (secondary N) is 2. The van der Waals surface area contributed by atoms with Crippen LogP contribution in [-0.4, -0.2) is 85.0 Å². The molecule has 0 spiro atoms. The van der Waals surface area contributed by atoms with Crippen LogP contribution in [0.15, 0.2) is 75.4 Å². The van der Waals surface area contributed by atoms with Crippen molar-refractivity contribution in [1.29, 1.82) is 0 Å². The molecule has 2 N–H and O–H groups in total. The molecule has 56 heavy (non-hydrogen) atoms. The summed E-state index contributed by atoms with van der Waals surface area (Å²) in [6.07, 6.45) is 11.5. The SMILES string of the molecule is CNc1nc(Nc2ccc(C=Cc3ccc(-n4nc5c(n4)C4C=CC=CC4C(S(=O)[O-])=C5)cc3S(=O)(=O)[O-])c(SOO[O-])c2)nc(N2CCOCC2)n1.[Na+].[Na+].[Na+]. The summed E-state index contributed by atoms with van der Waals surface area (Å²) in [6, 6.07) is 9.09. The van der Waals surface area contributed by atoms with E-state index in [1.807, 2.05) is 11.0 Å². The molecule has 0 bridgehead atoms. The van der Waals surface area contributed by atoms with Gasteiger partial charge in [-0.05, 0) is 52.5 Å². The summed E-state index contributed by atoms with van der Waals surface area (Å²) in [5.74, 6) is 0.193. The molecule has 1 aliphatic heterocycles. The van der Waals surface area contributed by atoms with Crippen molar-refractivity contribution in [3.05, 3.63) is 88.1 Å². The largest absolute Gasteiger partial charge is 1.00 e. The summed E-state index contributed by atoms with van der Waals surface area (Å²) in [6.45, 7) is 2.31. The summed E-state index contributed by atoms with van der Waals surface area (Å²) < 4.78 is 71.5. The monoisotopic (exact) mass is 847 g/mol. The molecule has 1 fully saturated rings. The molecule has 3 aliphatic rings. The van der Waals surface area contributed by atoms with E-state index in [9.17, 15) is 27.0 Å². The molecule has 0 amide bonds. The Balaban J connectivity index is 0.00000232. The topological polar surface area (TPSA) is 245 Å². The zero-order valence-corrected chi connectivity index (χ0v) is 39.0. The number of benzene rings is 2. The van der Waals surface area contributed by atoms with Gasteiger partial charge >= 0.3 is 88.7 Å². The van der Waals surface area contributed by atoms with Crippen molar-refractivity contribution in [2.45, 2.75) is 15.7 Å². The molecule has 24 heteroatoms. The van der Waals surface area contributed by atoms with Crippen molar-refractivity contribution in [1.82, 2.24) is 29.9 Å². The van der Waals surface area contributed by atoms with Crippen LogP contribution in [0.5, 0.6) is 0 Å². The summed E-state index contributed by atoms with van der Waals surface area (Å²) in [4.78, 5) is 16.5. The number of hydrogen-bond donors (Lipinski definition) is 2. The predicted octanol–water partition coefficient (Wildman–Crippen LogP) is -6.55. The van der Waals surface area contributed by atoms with E-state index in [1.165, 1.54) is 35.2 Å². The van der Waals surface area contributed by atoms with Crippen LogP contribution in [0.2, 0.25) is 0 Å². The Morgan fingerprint density at radius 2 is 1.66 bits per heavy atom. The summed E-state index contributed by atoms with van der Waals surface area (Å²) in [7, 11) is -3.33. The van der Waals surface area contributed by atoms with Gasteiger partial charge in [0.15, 0.2) is 0 Å². The minimum Gasteiger partial charge on any atom is -0.769 e. The molecular formula is C32H28N9Na3O9S3. The molecule has 4 aromatic rings. The zero-order valence-electron chi connectivity index (χ0n) is 30.5. The van der Waals surface area contributed by atoms with Crippen LogP contribution in [0.4, 0.5) is 23.5 Å². The number of allylic oxidation sites excluding steroid dienone is 5. The fraction of sp³-hybridized carbons (Fsp3) is 0.219. The van der Waals surface area contributed by atoms with Crippen LogP contribution in [-0.2, 0) is 35.3 Å². The first-order chi connectivity index (χ1) is 25.6. The summed E-state index contributed by atoms with van der Waals surface area (Å²) in [5, 5.41) is 29.3. The average Bonchev–Trinajstić information content (AvgIpc) is 3.61. The van der Waals surface area contributed by atoms with Crippen LogP contribution in [0, 0.1) is 5.92 Å². The Morgan fingerprint density at radius 1 is 0.964 bits per heavy atom. The number of aromatic nitrogens is 6. The van der Waals surface area contributed by atoms with Crippen molar-refractivity contribution in [3.8, 4) is 5.69 Å². The van der Waals surface area contributed by atoms with E-state index in [1.54, 1.807) is 43.5 Å². The first-order valence-electron chi connectivity index (χ1n) is 15.8. The van der Waals surface area contributed by atoms with Crippen molar-refractivity contribution in [2.75, 3.05) is 48.9 Å². The van der Waals surface area contributed by atoms with Gasteiger partial charge < -0.3 is 34.6 Å². The number of fused-ring (bicyclic) bond motifs is 3. The minimum absolute atomic E-state index is 0. The van der Waals surface area contributed by atoms with Crippen molar-refractivity contribution >= 4 is 75.0 Å². The van der Waals surface area contributed by atoms with E-state index in [2.05, 4.69) is 45.2 Å². The minimum atomic E-state index is -5.01. The second kappa shape index (κ2) is 20.9. The average molecular weight is 848 g/mol. The van der Waals surface area contributed by atoms with Gasteiger partial charge in [-0.1, -0.05) is 48.6 Å². The third kappa shape index (κ3) is 10.9. The van der Waals surface area contributed by atoms with Crippen molar-refractivity contribution in [3.63, 3.8) is 0 Å². The molecule has 2 aromatic heterocycles. The van der Waals surface area contributed by atoms with E-state index < -0.39 is 37.9 Å². The van der Waals surface area contributed by atoms with Crippen LogP contribution < -0.4 is 109 Å². The van der Waals surface area contributed by atoms with Gasteiger partial charge in [0.25, 0.3) is 0 Å². The molecule has 2 aromatic carbocycles. The quantitative estimate of drug-likeness (QED) is 0.0256. The van der Waals surface area contributed by atoms with Crippen molar-refractivity contribution < 1.29 is 130 Å². The molecule has 3 heterocycles. The van der Waals surface area contributed by atoms with E-state index in [0.717, 1.165) is 6.07 Å². The Kier molecular flexibility index (Phi) is 17.5. The molecule has 2 aliphatic carbocycles. The van der Waals surface area contributed by atoms with Crippen LogP contribution >= 0.6 is 12.0 Å². The Hall–Kier alpha value is -1.84. The van der Waals surface area contributed by atoms with E-state index in [4.69, 9.17) is 4.74 Å². The number of nitrogens with zero attached hydrogens (tertiary/aromatic N) is 7. The van der Waals surface area contributed by atoms with Crippen molar-refractivity contribution in [2.24, 2.45) is 5.92 Å². The molecule has 3 unspecified atom stereocenters. The van der Waals surface area contributed by atoms with E-state index in [-0.39, 0.29) is 111 Å². The fourth-order valence-electron chi connectivity index (χ4n) is 5.94. The third-order valence-corrected chi connectivity index (χ3v) is 10.7. The number of anilines is 4. The fourth-order valence-corrected chi connectivity index (χ4v) is 7.79. The van der Waals surface area contributed by atoms with Gasteiger partial charge in [-0.2, -0.15) is 29.2 Å². The number of morpholine rings is 1. The van der Waals surface area contributed by atoms with Gasteiger partial charge in [-0.15, -0.1) is 5.10 Å². The van der Waals surface area contributed by atoms with E-state index >= 15 is 0 Å². The zero-order chi connectivity index (χ0) is 37.1. The third-order valence-electron chi connectivity index (χ3n) is 8.42. The molecule has 0 saturated carbocycles. The summed E-state index contributed by atoms with van der Waals surface area (Å²) in [5.41, 5.74) is 2.02. The van der Waals surface area contributed by atoms with Gasteiger partial charge in [-0.25, -0.2) is 8.42 Å². The second-order valence-electron chi connectivity index (χ2n) is 11.6. The Morgan fingerprint density at radius 3 is 2.36 bits per heavy atom. The Labute approximate surface area is 394 Å². The maximum absolute atomic E-state index is 12.5. The van der Waals surface area contributed by atoms with Gasteiger partial charge in [0.1, 0.15) is 15.8 Å². The first-order valence-corrected chi connectivity index (χ1v) is 19.1. The van der Waals surface area contributed by atoms with E-state index in [0.29, 0.717) is 77.8 Å². The summed E-state index contributed by atoms with van der Waals surface area (Å²) >= 11 is -1.89. The molecule has 1 saturated heterocycles. The number of ether oxygens (including phenoxy) is 1. The molecule has 18 nitrogen and oxygen atoms in total. The molecule has 276 valence electrons. The second-order valence-corrected chi connectivity index (χ2v) is 14.6. The standard InChI is InChI=1S/C32H31N9O9S3.3Na/c1-33-30-35-31(37-32(36-30)40-12-14-48-15-13-40)34-21-10-8-19(26(16-21)51-50-49-42)6-7-20-9-11-22(17-28(20)53(45,46)47)41-38-25-18-27(52(43)44)23-4-2-3-5-24(23)29(25)39-41;;;/h2-11,16-18,23-24,42H,12-15H2,1H3,(H,43,44)(H,45,46,47)(H2,33,34,35,36,37);;;/q;3*+1/p-3. The van der Waals surface area contributed by atoms with Crippen LogP contribution in [0.25, 0.3) is 23.9 Å². The van der Waals surface area contributed by atoms with Gasteiger partial charge in [-0.3, -0.25) is 9.25 Å². The van der Waals surface area contributed by atoms with Gasteiger partial charge in [0, 0.05) is 47.5 Å². The Bertz CT molecular complexity index is 2310. The molecule has 7 rings (SSSR count). The van der Waals surface area contributed by atoms with Gasteiger partial charge in [0.2, 0.25) is 17.8 Å². The predicted molar refractivity (Wildman–Crippen MR) is 190 cm³/mol. The normalized spacial score (nSPS) is 17.8. The molecular weight excluding hydrogens is 820 g/mol. The van der Waals surface area contributed by atoms with Crippen LogP contribution in [0.1, 0.15) is 28.4 Å².